The fourth-order valence-corrected chi connectivity index (χ4v) is 10.1. The van der Waals surface area contributed by atoms with Crippen LogP contribution in [0.5, 0.6) is 5.88 Å². The Morgan fingerprint density at radius 2 is 1.74 bits per heavy atom. The number of alkyl halides is 6. The summed E-state index contributed by atoms with van der Waals surface area (Å²) in [6, 6.07) is 2.65. The third-order valence-corrected chi connectivity index (χ3v) is 15.4. The first-order chi connectivity index (χ1) is 30.1. The first-order valence-corrected chi connectivity index (χ1v) is 22.9. The first kappa shape index (κ1) is 47.9. The number of nitrogens with one attached hydrogen (secondary N) is 1. The van der Waals surface area contributed by atoms with Crippen molar-refractivity contribution in [1.82, 2.24) is 24.6 Å². The maximum Gasteiger partial charge on any atom is 0.438 e. The summed E-state index contributed by atoms with van der Waals surface area (Å²) < 4.78 is 129. The fourth-order valence-electron chi connectivity index (χ4n) is 8.73. The van der Waals surface area contributed by atoms with Gasteiger partial charge in [-0.3, -0.25) is 23.9 Å². The molecule has 7 rings (SSSR count). The lowest BCUT2D eigenvalue weighted by Gasteiger charge is -2.33. The molecule has 2 aliphatic carbocycles. The van der Waals surface area contributed by atoms with Crippen LogP contribution in [0.2, 0.25) is 0 Å². The minimum atomic E-state index is -5.10. The van der Waals surface area contributed by atoms with Crippen molar-refractivity contribution in [2.45, 2.75) is 134 Å². The van der Waals surface area contributed by atoms with Crippen molar-refractivity contribution in [3.05, 3.63) is 48.0 Å². The second kappa shape index (κ2) is 17.0. The lowest BCUT2D eigenvalue weighted by molar-refractivity contribution is -0.257. The van der Waals surface area contributed by atoms with Gasteiger partial charge >= 0.3 is 18.3 Å². The molecule has 7 atom stereocenters. The molecule has 1 aromatic carbocycles. The molecule has 2 aliphatic heterocycles. The predicted octanol–water partition coefficient (Wildman–Crippen LogP) is 7.83. The van der Waals surface area contributed by atoms with Gasteiger partial charge in [0.15, 0.2) is 5.78 Å². The molecule has 2 saturated carbocycles. The van der Waals surface area contributed by atoms with Gasteiger partial charge in [0, 0.05) is 18.4 Å². The number of esters is 1. The van der Waals surface area contributed by atoms with Crippen LogP contribution in [0.1, 0.15) is 104 Å². The lowest BCUT2D eigenvalue weighted by Crippen LogP contribution is -2.48. The third kappa shape index (κ3) is 9.89. The molecule has 21 heteroatoms. The van der Waals surface area contributed by atoms with Gasteiger partial charge in [0.1, 0.15) is 11.9 Å². The summed E-state index contributed by atoms with van der Waals surface area (Å²) in [4.78, 5) is 70.1. The molecular weight excluding hydrogens is 889 g/mol. The average Bonchev–Trinajstić information content (AvgIpc) is 4.00. The van der Waals surface area contributed by atoms with Crippen LogP contribution in [0.4, 0.5) is 26.3 Å². The van der Waals surface area contributed by atoms with E-state index < -0.39 is 129 Å². The molecule has 2 amide bonds. The number of rotatable bonds is 9. The molecule has 4 heterocycles. The van der Waals surface area contributed by atoms with Gasteiger partial charge in [0.2, 0.25) is 44.9 Å². The Morgan fingerprint density at radius 3 is 2.37 bits per heavy atom. The molecule has 354 valence electrons. The highest BCUT2D eigenvalue weighted by atomic mass is 32.2. The number of ketones is 1. The number of carbonyl (C=O) groups is 4. The van der Waals surface area contributed by atoms with Gasteiger partial charge in [-0.2, -0.15) is 26.3 Å². The van der Waals surface area contributed by atoms with Crippen molar-refractivity contribution >= 4 is 44.6 Å². The maximum atomic E-state index is 14.9. The fraction of sp³-hybridized carbons (Fsp3) is 0.614. The van der Waals surface area contributed by atoms with E-state index in [2.05, 4.69) is 19.7 Å². The number of hydrogen-bond donors (Lipinski definition) is 1. The van der Waals surface area contributed by atoms with E-state index in [-0.39, 0.29) is 29.3 Å². The number of benzene rings is 1. The summed E-state index contributed by atoms with van der Waals surface area (Å²) >= 11 is 0. The second-order valence-electron chi connectivity index (χ2n) is 18.9. The van der Waals surface area contributed by atoms with Crippen LogP contribution >= 0.6 is 0 Å². The minimum absolute atomic E-state index is 0.0413. The van der Waals surface area contributed by atoms with Crippen LogP contribution in [0, 0.1) is 36.0 Å². The number of Topliss-reactive ketones (excluding diaryl/α,β-unsaturated/α-hetero) is 1. The molecule has 0 bridgehead atoms. The molecule has 65 heavy (non-hydrogen) atoms. The molecule has 0 radical (unpaired) electrons. The van der Waals surface area contributed by atoms with Gasteiger partial charge in [-0.1, -0.05) is 26.0 Å². The zero-order valence-electron chi connectivity index (χ0n) is 36.6. The number of aryl methyl sites for hydroxylation is 1. The summed E-state index contributed by atoms with van der Waals surface area (Å²) in [5.41, 5.74) is -5.81. The van der Waals surface area contributed by atoms with Crippen LogP contribution in [0.3, 0.4) is 0 Å². The lowest BCUT2D eigenvalue weighted by atomic mass is 9.82. The summed E-state index contributed by atoms with van der Waals surface area (Å²) in [6.45, 7) is 7.45. The number of aromatic nitrogens is 3. The van der Waals surface area contributed by atoms with E-state index >= 15 is 0 Å². The third-order valence-electron chi connectivity index (χ3n) is 13.3. The average molecular weight is 940 g/mol. The minimum Gasteiger partial charge on any atom is -0.471 e. The van der Waals surface area contributed by atoms with Crippen LogP contribution < -0.4 is 9.46 Å². The largest absolute Gasteiger partial charge is 0.471 e. The van der Waals surface area contributed by atoms with Crippen molar-refractivity contribution in [3.63, 3.8) is 0 Å². The topological polar surface area (TPSA) is 188 Å². The normalized spacial score (nSPS) is 28.1. The standard InChI is InChI=1S/C44H51F6N5O9S/c1-23-9-7-8-10-27-19-42(27,39(59)54-65(60,61)41(6)13-14-41)20-33(56)32-17-28(22-55(32)38(58)29(24(2)15-23)18-34(57)64-40(4,5)44(48,49)50)63-37-35(43(45,46)47)52-30-12-11-26(16-31(30)53-37)36-51-21-25(3)62-36/h8,10-12,16,21,23-24,27-29,32H,7,9,13-15,17-20,22H2,1-6H3,(H,54,59)/b10-8-/t23-,24-,27-,28-,29+,32+,42-/m1/s1. The SMILES string of the molecule is Cc1cnc(-c2ccc3nc(C(F)(F)F)c(O[C@@H]4C[C@H]5C(=O)C[C@]6(C(=O)NS(=O)(=O)C7(C)CC7)C[C@H]6/C=C\CC[C@@H](C)C[C@@H](C)[C@H](CC(=O)OC(C)(C)C(F)(F)F)C(=O)N5C4)nc3c2)o1. The number of oxazole rings is 1. The smallest absolute Gasteiger partial charge is 0.438 e. The van der Waals surface area contributed by atoms with E-state index in [9.17, 15) is 53.9 Å². The van der Waals surface area contributed by atoms with Crippen molar-refractivity contribution in [1.29, 1.82) is 0 Å². The zero-order valence-corrected chi connectivity index (χ0v) is 37.5. The van der Waals surface area contributed by atoms with Crippen LogP contribution in [-0.4, -0.2) is 87.1 Å². The summed E-state index contributed by atoms with van der Waals surface area (Å²) in [5.74, 6) is -6.94. The molecule has 1 saturated heterocycles. The van der Waals surface area contributed by atoms with Gasteiger partial charge in [-0.15, -0.1) is 0 Å². The Balaban J connectivity index is 1.26. The van der Waals surface area contributed by atoms with Crippen LogP contribution in [-0.2, 0) is 40.1 Å². The monoisotopic (exact) mass is 939 g/mol. The highest BCUT2D eigenvalue weighted by molar-refractivity contribution is 7.91. The Labute approximate surface area is 371 Å². The molecule has 3 fully saturated rings. The Kier molecular flexibility index (Phi) is 12.5. The van der Waals surface area contributed by atoms with Crippen LogP contribution in [0.25, 0.3) is 22.5 Å². The summed E-state index contributed by atoms with van der Waals surface area (Å²) in [5, 5.41) is 0. The Hall–Kier alpha value is -5.08. The number of halogens is 6. The molecule has 1 N–H and O–H groups in total. The van der Waals surface area contributed by atoms with Crippen molar-refractivity contribution in [3.8, 4) is 17.3 Å². The molecule has 4 aliphatic rings. The Bertz CT molecular complexity index is 2520. The zero-order chi connectivity index (χ0) is 47.7. The van der Waals surface area contributed by atoms with Crippen LogP contribution in [0.15, 0.2) is 41.0 Å². The summed E-state index contributed by atoms with van der Waals surface area (Å²) in [6.07, 6.45) is -6.17. The molecule has 3 aromatic rings. The van der Waals surface area contributed by atoms with E-state index in [1.54, 1.807) is 19.9 Å². The summed E-state index contributed by atoms with van der Waals surface area (Å²) in [7, 11) is -4.15. The van der Waals surface area contributed by atoms with E-state index in [4.69, 9.17) is 13.9 Å². The molecule has 14 nitrogen and oxygen atoms in total. The number of ether oxygens (including phenoxy) is 2. The molecular formula is C44H51F6N5O9S. The highest BCUT2D eigenvalue weighted by Gasteiger charge is 2.63. The number of fused-ring (bicyclic) bond motifs is 3. The Morgan fingerprint density at radius 1 is 1.03 bits per heavy atom. The molecule has 0 spiro atoms. The molecule has 2 aromatic heterocycles. The van der Waals surface area contributed by atoms with Gasteiger partial charge in [0.25, 0.3) is 0 Å². The molecule has 0 unspecified atom stereocenters. The van der Waals surface area contributed by atoms with Gasteiger partial charge in [0.05, 0.1) is 52.3 Å². The quantitative estimate of drug-likeness (QED) is 0.125. The van der Waals surface area contributed by atoms with Gasteiger partial charge in [-0.25, -0.2) is 23.4 Å². The second-order valence-corrected chi connectivity index (χ2v) is 21.1. The number of nitrogens with zero attached hydrogens (tertiary/aromatic N) is 4. The maximum absolute atomic E-state index is 14.9. The number of sulfonamides is 1. The van der Waals surface area contributed by atoms with E-state index in [1.165, 1.54) is 31.3 Å². The highest BCUT2D eigenvalue weighted by Crippen LogP contribution is 2.58. The van der Waals surface area contributed by atoms with Gasteiger partial charge < -0.3 is 18.8 Å². The first-order valence-electron chi connectivity index (χ1n) is 21.5. The predicted molar refractivity (Wildman–Crippen MR) is 220 cm³/mol. The van der Waals surface area contributed by atoms with Crippen molar-refractivity contribution in [2.24, 2.45) is 29.1 Å². The van der Waals surface area contributed by atoms with E-state index in [0.29, 0.717) is 57.3 Å². The number of amides is 2. The van der Waals surface area contributed by atoms with E-state index in [1.807, 2.05) is 13.0 Å². The number of carbonyl (C=O) groups excluding carboxylic acids is 4. The van der Waals surface area contributed by atoms with E-state index in [0.717, 1.165) is 4.90 Å². The van der Waals surface area contributed by atoms with Crippen molar-refractivity contribution < 1.29 is 67.8 Å². The number of hydrogen-bond acceptors (Lipinski definition) is 12. The van der Waals surface area contributed by atoms with Gasteiger partial charge in [-0.05, 0) is 102 Å². The number of allylic oxidation sites excluding steroid dienone is 2. The van der Waals surface area contributed by atoms with Crippen molar-refractivity contribution in [2.75, 3.05) is 6.54 Å².